The van der Waals surface area contributed by atoms with Crippen LogP contribution in [0.5, 0.6) is 11.5 Å². The Morgan fingerprint density at radius 1 is 1.22 bits per heavy atom. The normalized spacial score (nSPS) is 11.8. The van der Waals surface area contributed by atoms with E-state index < -0.39 is 0 Å². The van der Waals surface area contributed by atoms with E-state index in [0.717, 1.165) is 5.56 Å². The molecule has 1 aromatic carbocycles. The first-order valence-electron chi connectivity index (χ1n) is 7.68. The van der Waals surface area contributed by atoms with Crippen molar-refractivity contribution in [2.45, 2.75) is 33.7 Å². The molecule has 0 aliphatic rings. The van der Waals surface area contributed by atoms with Gasteiger partial charge in [0.1, 0.15) is 0 Å². The highest BCUT2D eigenvalue weighted by Gasteiger charge is 2.17. The van der Waals surface area contributed by atoms with Crippen LogP contribution in [0.25, 0.3) is 0 Å². The summed E-state index contributed by atoms with van der Waals surface area (Å²) in [5, 5.41) is 6.59. The minimum absolute atomic E-state index is 0.199. The summed E-state index contributed by atoms with van der Waals surface area (Å²) in [7, 11) is 0. The van der Waals surface area contributed by atoms with Crippen molar-refractivity contribution in [3.05, 3.63) is 41.3 Å². The molecule has 1 aromatic heterocycles. The Labute approximate surface area is 135 Å². The maximum atomic E-state index is 12.1. The van der Waals surface area contributed by atoms with Crippen LogP contribution in [0.1, 0.15) is 48.6 Å². The maximum absolute atomic E-state index is 12.1. The van der Waals surface area contributed by atoms with Crippen LogP contribution >= 0.6 is 0 Å². The monoisotopic (exact) mass is 318 g/mol. The molecular weight excluding hydrogens is 296 g/mol. The average Bonchev–Trinajstić information content (AvgIpc) is 2.96. The van der Waals surface area contributed by atoms with Crippen molar-refractivity contribution in [3.8, 4) is 11.5 Å². The lowest BCUT2D eigenvalue weighted by atomic mass is 10.1. The van der Waals surface area contributed by atoms with Gasteiger partial charge in [-0.15, -0.1) is 0 Å². The summed E-state index contributed by atoms with van der Waals surface area (Å²) in [6, 6.07) is 7.04. The third kappa shape index (κ3) is 4.25. The van der Waals surface area contributed by atoms with E-state index in [4.69, 9.17) is 14.0 Å². The van der Waals surface area contributed by atoms with Gasteiger partial charge >= 0.3 is 0 Å². The highest BCUT2D eigenvalue weighted by Crippen LogP contribution is 2.30. The summed E-state index contributed by atoms with van der Waals surface area (Å²) in [6.07, 6.45) is 0. The summed E-state index contributed by atoms with van der Waals surface area (Å²) in [4.78, 5) is 12.1. The van der Waals surface area contributed by atoms with E-state index in [9.17, 15) is 4.79 Å². The van der Waals surface area contributed by atoms with Crippen LogP contribution in [0.15, 0.2) is 28.8 Å². The molecule has 1 atom stereocenters. The van der Waals surface area contributed by atoms with E-state index in [2.05, 4.69) is 10.5 Å². The average molecular weight is 318 g/mol. The predicted octanol–water partition coefficient (Wildman–Crippen LogP) is 3.27. The van der Waals surface area contributed by atoms with E-state index in [-0.39, 0.29) is 17.7 Å². The van der Waals surface area contributed by atoms with Gasteiger partial charge in [0.2, 0.25) is 5.76 Å². The van der Waals surface area contributed by atoms with Gasteiger partial charge in [-0.25, -0.2) is 0 Å². The number of aromatic nitrogens is 1. The van der Waals surface area contributed by atoms with Gasteiger partial charge in [-0.3, -0.25) is 4.79 Å². The molecule has 1 unspecified atom stereocenters. The maximum Gasteiger partial charge on any atom is 0.290 e. The molecule has 0 saturated heterocycles. The number of carbonyl (C=O) groups is 1. The molecule has 0 bridgehead atoms. The summed E-state index contributed by atoms with van der Waals surface area (Å²) < 4.78 is 16.1. The van der Waals surface area contributed by atoms with Crippen LogP contribution in [0.3, 0.4) is 0 Å². The quantitative estimate of drug-likeness (QED) is 0.848. The number of ether oxygens (including phenoxy) is 2. The van der Waals surface area contributed by atoms with E-state index in [1.807, 2.05) is 39.0 Å². The Hall–Kier alpha value is -2.50. The Morgan fingerprint density at radius 3 is 2.52 bits per heavy atom. The Balaban J connectivity index is 2.13. The fraction of sp³-hybridized carbons (Fsp3) is 0.412. The zero-order valence-corrected chi connectivity index (χ0v) is 13.9. The molecule has 0 saturated carbocycles. The van der Waals surface area contributed by atoms with Crippen molar-refractivity contribution in [2.75, 3.05) is 13.2 Å². The minimum Gasteiger partial charge on any atom is -0.490 e. The molecule has 23 heavy (non-hydrogen) atoms. The van der Waals surface area contributed by atoms with Crippen LogP contribution < -0.4 is 14.8 Å². The second-order valence-electron chi connectivity index (χ2n) is 5.10. The van der Waals surface area contributed by atoms with Crippen LogP contribution in [0, 0.1) is 6.92 Å². The Bertz CT molecular complexity index is 666. The van der Waals surface area contributed by atoms with Gasteiger partial charge < -0.3 is 19.3 Å². The number of amides is 1. The standard InChI is InChI=1S/C17H22N2O4/c1-5-21-14-8-7-13(10-15(14)22-6-2)12(4)18-17(20)16-9-11(3)19-23-16/h7-10,12H,5-6H2,1-4H3,(H,18,20). The van der Waals surface area contributed by atoms with Crippen molar-refractivity contribution in [1.29, 1.82) is 0 Å². The minimum atomic E-state index is -0.301. The van der Waals surface area contributed by atoms with Crippen molar-refractivity contribution >= 4 is 5.91 Å². The zero-order valence-electron chi connectivity index (χ0n) is 13.9. The number of nitrogens with one attached hydrogen (secondary N) is 1. The fourth-order valence-corrected chi connectivity index (χ4v) is 2.16. The number of carbonyl (C=O) groups excluding carboxylic acids is 1. The molecule has 2 aromatic rings. The number of nitrogens with zero attached hydrogens (tertiary/aromatic N) is 1. The molecule has 2 rings (SSSR count). The topological polar surface area (TPSA) is 73.6 Å². The third-order valence-electron chi connectivity index (χ3n) is 3.27. The van der Waals surface area contributed by atoms with Crippen LogP contribution in [-0.4, -0.2) is 24.3 Å². The molecule has 1 heterocycles. The largest absolute Gasteiger partial charge is 0.490 e. The number of rotatable bonds is 7. The third-order valence-corrected chi connectivity index (χ3v) is 3.27. The van der Waals surface area contributed by atoms with Crippen molar-refractivity contribution in [1.82, 2.24) is 10.5 Å². The van der Waals surface area contributed by atoms with Gasteiger partial charge in [-0.05, 0) is 45.4 Å². The number of hydrogen-bond donors (Lipinski definition) is 1. The smallest absolute Gasteiger partial charge is 0.290 e. The Morgan fingerprint density at radius 2 is 1.91 bits per heavy atom. The first-order valence-corrected chi connectivity index (χ1v) is 7.68. The van der Waals surface area contributed by atoms with Gasteiger partial charge in [0, 0.05) is 6.07 Å². The lowest BCUT2D eigenvalue weighted by Gasteiger charge is -2.17. The molecule has 0 aliphatic carbocycles. The molecule has 0 aliphatic heterocycles. The summed E-state index contributed by atoms with van der Waals surface area (Å²) in [5.74, 6) is 1.27. The summed E-state index contributed by atoms with van der Waals surface area (Å²) >= 11 is 0. The summed E-state index contributed by atoms with van der Waals surface area (Å²) in [5.41, 5.74) is 1.59. The fourth-order valence-electron chi connectivity index (χ4n) is 2.16. The first kappa shape index (κ1) is 16.9. The van der Waals surface area contributed by atoms with Gasteiger partial charge in [-0.1, -0.05) is 11.2 Å². The number of aryl methyl sites for hydroxylation is 1. The molecule has 0 fully saturated rings. The second-order valence-corrected chi connectivity index (χ2v) is 5.10. The van der Waals surface area contributed by atoms with E-state index >= 15 is 0 Å². The second kappa shape index (κ2) is 7.67. The van der Waals surface area contributed by atoms with Crippen LogP contribution in [-0.2, 0) is 0 Å². The van der Waals surface area contributed by atoms with Crippen molar-refractivity contribution in [2.24, 2.45) is 0 Å². The van der Waals surface area contributed by atoms with E-state index in [1.54, 1.807) is 13.0 Å². The van der Waals surface area contributed by atoms with Crippen molar-refractivity contribution in [3.63, 3.8) is 0 Å². The first-order chi connectivity index (χ1) is 11.0. The molecule has 1 amide bonds. The molecule has 0 spiro atoms. The van der Waals surface area contributed by atoms with E-state index in [1.165, 1.54) is 0 Å². The lowest BCUT2D eigenvalue weighted by Crippen LogP contribution is -2.26. The highest BCUT2D eigenvalue weighted by molar-refractivity contribution is 5.91. The zero-order chi connectivity index (χ0) is 16.8. The van der Waals surface area contributed by atoms with Gasteiger partial charge in [0.15, 0.2) is 11.5 Å². The lowest BCUT2D eigenvalue weighted by molar-refractivity contribution is 0.0902. The van der Waals surface area contributed by atoms with Gasteiger partial charge in [-0.2, -0.15) is 0 Å². The van der Waals surface area contributed by atoms with Crippen molar-refractivity contribution < 1.29 is 18.8 Å². The number of hydrogen-bond acceptors (Lipinski definition) is 5. The SMILES string of the molecule is CCOc1ccc(C(C)NC(=O)c2cc(C)no2)cc1OCC. The van der Waals surface area contributed by atoms with E-state index in [0.29, 0.717) is 30.4 Å². The predicted molar refractivity (Wildman–Crippen MR) is 85.9 cm³/mol. The molecule has 6 nitrogen and oxygen atoms in total. The molecule has 6 heteroatoms. The molecular formula is C17H22N2O4. The Kier molecular flexibility index (Phi) is 5.62. The molecule has 1 N–H and O–H groups in total. The molecule has 124 valence electrons. The van der Waals surface area contributed by atoms with Crippen LogP contribution in [0.2, 0.25) is 0 Å². The van der Waals surface area contributed by atoms with Gasteiger partial charge in [0.25, 0.3) is 5.91 Å². The summed E-state index contributed by atoms with van der Waals surface area (Å²) in [6.45, 7) is 8.61. The van der Waals surface area contributed by atoms with Crippen LogP contribution in [0.4, 0.5) is 0 Å². The molecule has 0 radical (unpaired) electrons. The highest BCUT2D eigenvalue weighted by atomic mass is 16.5. The van der Waals surface area contributed by atoms with Gasteiger partial charge in [0.05, 0.1) is 24.9 Å². The number of benzene rings is 1.